The van der Waals surface area contributed by atoms with Gasteiger partial charge in [0.25, 0.3) is 0 Å². The number of nitrogens with zero attached hydrogens (tertiary/aromatic N) is 2. The van der Waals surface area contributed by atoms with Crippen molar-refractivity contribution < 1.29 is 0 Å². The summed E-state index contributed by atoms with van der Waals surface area (Å²) in [6, 6.07) is 6.54. The summed E-state index contributed by atoms with van der Waals surface area (Å²) in [5, 5.41) is 1.35. The maximum absolute atomic E-state index is 2.87. The lowest BCUT2D eigenvalue weighted by atomic mass is 10.1. The van der Waals surface area contributed by atoms with Crippen molar-refractivity contribution in [2.75, 3.05) is 28.2 Å². The van der Waals surface area contributed by atoms with E-state index in [4.69, 9.17) is 0 Å². The first kappa shape index (κ1) is 12.6. The van der Waals surface area contributed by atoms with Gasteiger partial charge in [0.1, 0.15) is 0 Å². The average Bonchev–Trinajstić information content (AvgIpc) is 2.10. The van der Waals surface area contributed by atoms with Gasteiger partial charge in [-0.2, -0.15) is 0 Å². The van der Waals surface area contributed by atoms with Crippen molar-refractivity contribution in [3.05, 3.63) is 29.3 Å². The Morgan fingerprint density at radius 2 is 1.33 bits per heavy atom. The Bertz CT molecular complexity index is 293. The zero-order valence-corrected chi connectivity index (χ0v) is 11.3. The molecule has 3 heteroatoms. The van der Waals surface area contributed by atoms with Crippen LogP contribution in [0.25, 0.3) is 0 Å². The van der Waals surface area contributed by atoms with Crippen LogP contribution in [0.5, 0.6) is 0 Å². The van der Waals surface area contributed by atoms with Crippen LogP contribution in [0, 0.1) is 0 Å². The van der Waals surface area contributed by atoms with E-state index in [0.29, 0.717) is 0 Å². The van der Waals surface area contributed by atoms with Gasteiger partial charge in [-0.05, 0) is 44.6 Å². The van der Waals surface area contributed by atoms with Crippen molar-refractivity contribution in [2.24, 2.45) is 0 Å². The maximum atomic E-state index is 2.87. The lowest BCUT2D eigenvalue weighted by Crippen LogP contribution is -2.20. The first-order chi connectivity index (χ1) is 7.00. The van der Waals surface area contributed by atoms with Crippen LogP contribution < -0.4 is 5.30 Å². The standard InChI is InChI=1S/C12H21N2P/c1-13(2)8-10-6-5-7-11(12(10)15)9-14(3)4/h5-7H,8-9,15H2,1-4H3. The van der Waals surface area contributed by atoms with E-state index < -0.39 is 0 Å². The lowest BCUT2D eigenvalue weighted by Gasteiger charge is -2.17. The Morgan fingerprint density at radius 1 is 0.933 bits per heavy atom. The molecule has 0 saturated heterocycles. The molecule has 0 amide bonds. The normalized spacial score (nSPS) is 11.4. The quantitative estimate of drug-likeness (QED) is 0.712. The molecule has 1 aromatic rings. The van der Waals surface area contributed by atoms with Crippen LogP contribution in [0.15, 0.2) is 18.2 Å². The van der Waals surface area contributed by atoms with Crippen molar-refractivity contribution in [1.82, 2.24) is 9.80 Å². The van der Waals surface area contributed by atoms with E-state index in [1.807, 2.05) is 0 Å². The zero-order valence-electron chi connectivity index (χ0n) is 10.1. The Morgan fingerprint density at radius 3 is 1.67 bits per heavy atom. The average molecular weight is 224 g/mol. The summed E-state index contributed by atoms with van der Waals surface area (Å²) in [4.78, 5) is 4.39. The number of hydrogen-bond donors (Lipinski definition) is 0. The molecule has 15 heavy (non-hydrogen) atoms. The van der Waals surface area contributed by atoms with Gasteiger partial charge in [0.05, 0.1) is 0 Å². The summed E-state index contributed by atoms with van der Waals surface area (Å²) < 4.78 is 0. The molecule has 1 unspecified atom stereocenters. The molecule has 1 aromatic carbocycles. The summed E-state index contributed by atoms with van der Waals surface area (Å²) >= 11 is 0. The minimum absolute atomic E-state index is 1.00. The van der Waals surface area contributed by atoms with Gasteiger partial charge >= 0.3 is 0 Å². The molecule has 0 aliphatic heterocycles. The molecule has 0 aromatic heterocycles. The van der Waals surface area contributed by atoms with Gasteiger partial charge < -0.3 is 9.80 Å². The van der Waals surface area contributed by atoms with Gasteiger partial charge in [0.2, 0.25) is 0 Å². The van der Waals surface area contributed by atoms with E-state index in [-0.39, 0.29) is 0 Å². The van der Waals surface area contributed by atoms with Crippen molar-refractivity contribution in [3.8, 4) is 0 Å². The lowest BCUT2D eigenvalue weighted by molar-refractivity contribution is 0.398. The highest BCUT2D eigenvalue weighted by atomic mass is 31.0. The van der Waals surface area contributed by atoms with Gasteiger partial charge in [0, 0.05) is 13.1 Å². The monoisotopic (exact) mass is 224 g/mol. The van der Waals surface area contributed by atoms with Crippen LogP contribution in [0.2, 0.25) is 0 Å². The first-order valence-corrected chi connectivity index (χ1v) is 5.74. The molecule has 84 valence electrons. The Kier molecular flexibility index (Phi) is 4.72. The fourth-order valence-corrected chi connectivity index (χ4v) is 2.00. The van der Waals surface area contributed by atoms with Crippen molar-refractivity contribution in [3.63, 3.8) is 0 Å². The van der Waals surface area contributed by atoms with Crippen molar-refractivity contribution >= 4 is 14.5 Å². The summed E-state index contributed by atoms with van der Waals surface area (Å²) in [6.07, 6.45) is 0. The molecular weight excluding hydrogens is 203 g/mol. The molecule has 0 N–H and O–H groups in total. The van der Waals surface area contributed by atoms with E-state index >= 15 is 0 Å². The van der Waals surface area contributed by atoms with Crippen LogP contribution in [0.3, 0.4) is 0 Å². The van der Waals surface area contributed by atoms with Crippen molar-refractivity contribution in [1.29, 1.82) is 0 Å². The zero-order chi connectivity index (χ0) is 11.4. The second-order valence-corrected chi connectivity index (χ2v) is 5.04. The molecule has 1 atom stereocenters. The van der Waals surface area contributed by atoms with Gasteiger partial charge in [-0.1, -0.05) is 18.2 Å². The van der Waals surface area contributed by atoms with Gasteiger partial charge in [0.15, 0.2) is 0 Å². The smallest absolute Gasteiger partial charge is 0.0233 e. The highest BCUT2D eigenvalue weighted by Crippen LogP contribution is 2.09. The maximum Gasteiger partial charge on any atom is 0.0233 e. The Balaban J connectivity index is 2.90. The minimum Gasteiger partial charge on any atom is -0.305 e. The van der Waals surface area contributed by atoms with Crippen molar-refractivity contribution in [2.45, 2.75) is 13.1 Å². The highest BCUT2D eigenvalue weighted by molar-refractivity contribution is 7.27. The molecule has 0 spiro atoms. The third kappa shape index (κ3) is 3.90. The minimum atomic E-state index is 1.00. The third-order valence-corrected chi connectivity index (χ3v) is 3.00. The second-order valence-electron chi connectivity index (χ2n) is 4.47. The molecule has 0 aliphatic carbocycles. The molecular formula is C12H21N2P. The number of benzene rings is 1. The summed E-state index contributed by atoms with van der Waals surface area (Å²) in [5.74, 6) is 0. The number of rotatable bonds is 4. The molecule has 0 fully saturated rings. The summed E-state index contributed by atoms with van der Waals surface area (Å²) in [5.41, 5.74) is 2.79. The molecule has 0 radical (unpaired) electrons. The van der Waals surface area contributed by atoms with E-state index in [1.165, 1.54) is 16.4 Å². The molecule has 1 rings (SSSR count). The van der Waals surface area contributed by atoms with Crippen LogP contribution in [0.1, 0.15) is 11.1 Å². The third-order valence-electron chi connectivity index (χ3n) is 2.26. The summed E-state index contributed by atoms with van der Waals surface area (Å²) in [7, 11) is 11.3. The van der Waals surface area contributed by atoms with E-state index in [0.717, 1.165) is 13.1 Å². The van der Waals surface area contributed by atoms with Gasteiger partial charge in [-0.3, -0.25) is 0 Å². The fraction of sp³-hybridized carbons (Fsp3) is 0.500. The largest absolute Gasteiger partial charge is 0.305 e. The predicted octanol–water partition coefficient (Wildman–Crippen LogP) is 1.31. The van der Waals surface area contributed by atoms with Crippen LogP contribution >= 0.6 is 9.24 Å². The van der Waals surface area contributed by atoms with Gasteiger partial charge in [-0.15, -0.1) is 9.24 Å². The summed E-state index contributed by atoms with van der Waals surface area (Å²) in [6.45, 7) is 2.00. The van der Waals surface area contributed by atoms with E-state index in [2.05, 4.69) is 65.4 Å². The first-order valence-electron chi connectivity index (χ1n) is 5.16. The molecule has 0 aliphatic rings. The topological polar surface area (TPSA) is 6.48 Å². The van der Waals surface area contributed by atoms with Crippen LogP contribution in [0.4, 0.5) is 0 Å². The second kappa shape index (κ2) is 5.60. The number of hydrogen-bond acceptors (Lipinski definition) is 2. The molecule has 0 heterocycles. The van der Waals surface area contributed by atoms with E-state index in [1.54, 1.807) is 0 Å². The molecule has 2 nitrogen and oxygen atoms in total. The Labute approximate surface area is 95.5 Å². The molecule has 0 saturated carbocycles. The SMILES string of the molecule is CN(C)Cc1cccc(CN(C)C)c1P. The van der Waals surface area contributed by atoms with E-state index in [9.17, 15) is 0 Å². The fourth-order valence-electron chi connectivity index (χ4n) is 1.62. The van der Waals surface area contributed by atoms with Gasteiger partial charge in [-0.25, -0.2) is 0 Å². The molecule has 0 bridgehead atoms. The predicted molar refractivity (Wildman–Crippen MR) is 70.6 cm³/mol. The van der Waals surface area contributed by atoms with Crippen LogP contribution in [-0.4, -0.2) is 38.0 Å². The highest BCUT2D eigenvalue weighted by Gasteiger charge is 2.05. The van der Waals surface area contributed by atoms with Crippen LogP contribution in [-0.2, 0) is 13.1 Å². The Hall–Kier alpha value is -0.430.